The van der Waals surface area contributed by atoms with E-state index in [0.717, 1.165) is 32.6 Å². The third-order valence-corrected chi connectivity index (χ3v) is 6.79. The Kier molecular flexibility index (Phi) is 28.9. The van der Waals surface area contributed by atoms with Crippen molar-refractivity contribution in [2.24, 2.45) is 0 Å². The maximum absolute atomic E-state index is 9.20. The van der Waals surface area contributed by atoms with Crippen molar-refractivity contribution in [3.8, 4) is 0 Å². The van der Waals surface area contributed by atoms with E-state index in [9.17, 15) is 5.11 Å². The van der Waals surface area contributed by atoms with E-state index >= 15 is 0 Å². The largest absolute Gasteiger partial charge is 0.395 e. The molecule has 0 aliphatic carbocycles. The van der Waals surface area contributed by atoms with Crippen LogP contribution in [-0.2, 0) is 9.47 Å². The number of hydrogen-bond acceptors (Lipinski definition) is 4. The molecular weight excluding hydrogens is 422 g/mol. The number of unbranched alkanes of at least 4 members (excludes halogenated alkanes) is 18. The summed E-state index contributed by atoms with van der Waals surface area (Å²) in [5.74, 6) is 0. The highest BCUT2D eigenvalue weighted by atomic mass is 16.5. The fourth-order valence-corrected chi connectivity index (χ4v) is 4.51. The molecule has 0 amide bonds. The molecule has 0 aliphatic heterocycles. The Hall–Kier alpha value is -0.160. The van der Waals surface area contributed by atoms with Crippen LogP contribution in [0.15, 0.2) is 0 Å². The molecule has 4 heteroatoms. The Morgan fingerprint density at radius 1 is 0.588 bits per heavy atom. The van der Waals surface area contributed by atoms with Crippen LogP contribution < -0.4 is 0 Å². The first-order valence-electron chi connectivity index (χ1n) is 15.2. The average Bonchev–Trinajstić information content (AvgIpc) is 2.83. The van der Waals surface area contributed by atoms with Crippen molar-refractivity contribution in [2.75, 3.05) is 46.6 Å². The summed E-state index contributed by atoms with van der Waals surface area (Å²) in [6, 6.07) is 0. The first-order valence-corrected chi connectivity index (χ1v) is 15.2. The fourth-order valence-electron chi connectivity index (χ4n) is 4.51. The summed E-state index contributed by atoms with van der Waals surface area (Å²) >= 11 is 0. The lowest BCUT2D eigenvalue weighted by Gasteiger charge is -2.24. The summed E-state index contributed by atoms with van der Waals surface area (Å²) < 4.78 is 12.2. The lowest BCUT2D eigenvalue weighted by molar-refractivity contribution is -0.0325. The summed E-state index contributed by atoms with van der Waals surface area (Å²) in [6.07, 6.45) is 27.1. The Labute approximate surface area is 214 Å². The van der Waals surface area contributed by atoms with Crippen LogP contribution in [0.4, 0.5) is 0 Å². The number of aliphatic hydroxyl groups is 1. The predicted molar refractivity (Wildman–Crippen MR) is 149 cm³/mol. The summed E-state index contributed by atoms with van der Waals surface area (Å²) in [4.78, 5) is 2.15. The maximum Gasteiger partial charge on any atom is 0.0934 e. The third-order valence-electron chi connectivity index (χ3n) is 6.79. The van der Waals surface area contributed by atoms with Crippen LogP contribution >= 0.6 is 0 Å². The second-order valence-corrected chi connectivity index (χ2v) is 10.4. The number of likely N-dealkylation sites (N-methyl/N-ethyl adjacent to an activating group) is 1. The van der Waals surface area contributed by atoms with Crippen molar-refractivity contribution >= 4 is 0 Å². The van der Waals surface area contributed by atoms with Gasteiger partial charge in [0, 0.05) is 26.3 Å². The van der Waals surface area contributed by atoms with Gasteiger partial charge < -0.3 is 19.5 Å². The standard InChI is InChI=1S/C30H63NO3/c1-4-6-8-10-12-14-16-18-20-22-26-33-29-30(28-31(3)24-25-32)34-27-23-21-19-17-15-13-11-9-7-5-2/h30,32H,4-29H2,1-3H3. The van der Waals surface area contributed by atoms with Gasteiger partial charge in [-0.05, 0) is 19.9 Å². The summed E-state index contributed by atoms with van der Waals surface area (Å²) in [7, 11) is 2.05. The van der Waals surface area contributed by atoms with E-state index in [1.54, 1.807) is 0 Å². The number of nitrogens with zero attached hydrogens (tertiary/aromatic N) is 1. The molecule has 4 nitrogen and oxygen atoms in total. The molecule has 0 rings (SSSR count). The maximum atomic E-state index is 9.20. The molecule has 1 N–H and O–H groups in total. The van der Waals surface area contributed by atoms with Gasteiger partial charge in [0.25, 0.3) is 0 Å². The van der Waals surface area contributed by atoms with Gasteiger partial charge in [-0.1, -0.05) is 129 Å². The van der Waals surface area contributed by atoms with Gasteiger partial charge in [-0.3, -0.25) is 0 Å². The van der Waals surface area contributed by atoms with Crippen molar-refractivity contribution in [1.82, 2.24) is 4.90 Å². The molecule has 34 heavy (non-hydrogen) atoms. The summed E-state index contributed by atoms with van der Waals surface area (Å²) in [5, 5.41) is 9.20. The first kappa shape index (κ1) is 33.8. The molecule has 0 aliphatic rings. The van der Waals surface area contributed by atoms with Crippen molar-refractivity contribution < 1.29 is 14.6 Å². The quantitative estimate of drug-likeness (QED) is 0.109. The van der Waals surface area contributed by atoms with Crippen LogP contribution in [0.2, 0.25) is 0 Å². The lowest BCUT2D eigenvalue weighted by Crippen LogP contribution is -2.36. The zero-order chi connectivity index (χ0) is 25.0. The zero-order valence-corrected chi connectivity index (χ0v) is 23.7. The van der Waals surface area contributed by atoms with Crippen LogP contribution in [0.3, 0.4) is 0 Å². The van der Waals surface area contributed by atoms with E-state index in [-0.39, 0.29) is 12.7 Å². The summed E-state index contributed by atoms with van der Waals surface area (Å²) in [6.45, 7) is 8.62. The highest BCUT2D eigenvalue weighted by Crippen LogP contribution is 2.12. The van der Waals surface area contributed by atoms with Gasteiger partial charge in [-0.15, -0.1) is 0 Å². The molecule has 0 aromatic carbocycles. The second-order valence-electron chi connectivity index (χ2n) is 10.4. The van der Waals surface area contributed by atoms with Gasteiger partial charge in [0.05, 0.1) is 19.3 Å². The van der Waals surface area contributed by atoms with Crippen molar-refractivity contribution in [3.63, 3.8) is 0 Å². The van der Waals surface area contributed by atoms with Gasteiger partial charge in [0.1, 0.15) is 0 Å². The van der Waals surface area contributed by atoms with E-state index in [4.69, 9.17) is 9.47 Å². The van der Waals surface area contributed by atoms with E-state index < -0.39 is 0 Å². The molecule has 0 saturated carbocycles. The lowest BCUT2D eigenvalue weighted by atomic mass is 10.1. The highest BCUT2D eigenvalue weighted by molar-refractivity contribution is 4.63. The first-order chi connectivity index (χ1) is 16.7. The smallest absolute Gasteiger partial charge is 0.0934 e. The van der Waals surface area contributed by atoms with Crippen molar-refractivity contribution in [2.45, 2.75) is 148 Å². The normalized spacial score (nSPS) is 12.6. The van der Waals surface area contributed by atoms with E-state index in [2.05, 4.69) is 25.8 Å². The van der Waals surface area contributed by atoms with E-state index in [1.165, 1.54) is 116 Å². The molecule has 206 valence electrons. The zero-order valence-electron chi connectivity index (χ0n) is 23.7. The molecule has 0 aromatic heterocycles. The third kappa shape index (κ3) is 26.4. The van der Waals surface area contributed by atoms with E-state index in [1.807, 2.05) is 0 Å². The topological polar surface area (TPSA) is 41.9 Å². The van der Waals surface area contributed by atoms with Crippen LogP contribution in [0, 0.1) is 0 Å². The van der Waals surface area contributed by atoms with Crippen LogP contribution in [-0.4, -0.2) is 62.7 Å². The van der Waals surface area contributed by atoms with Crippen LogP contribution in [0.1, 0.15) is 142 Å². The van der Waals surface area contributed by atoms with Crippen molar-refractivity contribution in [3.05, 3.63) is 0 Å². The van der Waals surface area contributed by atoms with Gasteiger partial charge in [-0.2, -0.15) is 0 Å². The SMILES string of the molecule is CCCCCCCCCCCCOCC(CN(C)CCO)OCCCCCCCCCCCC. The molecule has 0 radical (unpaired) electrons. The molecule has 1 atom stereocenters. The van der Waals surface area contributed by atoms with Crippen molar-refractivity contribution in [1.29, 1.82) is 0 Å². The second kappa shape index (κ2) is 29.1. The molecule has 0 fully saturated rings. The highest BCUT2D eigenvalue weighted by Gasteiger charge is 2.12. The Morgan fingerprint density at radius 3 is 1.44 bits per heavy atom. The summed E-state index contributed by atoms with van der Waals surface area (Å²) in [5.41, 5.74) is 0. The van der Waals surface area contributed by atoms with Crippen LogP contribution in [0.5, 0.6) is 0 Å². The number of rotatable bonds is 29. The van der Waals surface area contributed by atoms with Gasteiger partial charge in [0.2, 0.25) is 0 Å². The number of ether oxygens (including phenoxy) is 2. The Balaban J connectivity index is 3.72. The Bertz CT molecular complexity index is 367. The predicted octanol–water partition coefficient (Wildman–Crippen LogP) is 8.15. The monoisotopic (exact) mass is 485 g/mol. The minimum atomic E-state index is 0.109. The number of aliphatic hydroxyl groups excluding tert-OH is 1. The Morgan fingerprint density at radius 2 is 1.00 bits per heavy atom. The minimum absolute atomic E-state index is 0.109. The molecule has 0 spiro atoms. The number of hydrogen-bond donors (Lipinski definition) is 1. The molecule has 1 unspecified atom stereocenters. The van der Waals surface area contributed by atoms with Gasteiger partial charge in [0.15, 0.2) is 0 Å². The molecule has 0 bridgehead atoms. The molecule has 0 saturated heterocycles. The van der Waals surface area contributed by atoms with Crippen LogP contribution in [0.25, 0.3) is 0 Å². The van der Waals surface area contributed by atoms with Gasteiger partial charge >= 0.3 is 0 Å². The van der Waals surface area contributed by atoms with Gasteiger partial charge in [-0.25, -0.2) is 0 Å². The molecule has 0 aromatic rings. The van der Waals surface area contributed by atoms with E-state index in [0.29, 0.717) is 13.2 Å². The average molecular weight is 486 g/mol. The fraction of sp³-hybridized carbons (Fsp3) is 1.00. The minimum Gasteiger partial charge on any atom is -0.395 e. The molecule has 0 heterocycles. The molecular formula is C30H63NO3.